The molecule has 0 aliphatic carbocycles. The van der Waals surface area contributed by atoms with Gasteiger partial charge in [-0.1, -0.05) is 13.0 Å². The molecule has 1 aliphatic rings. The van der Waals surface area contributed by atoms with Crippen molar-refractivity contribution in [3.8, 4) is 5.75 Å². The molecule has 1 aliphatic heterocycles. The predicted octanol–water partition coefficient (Wildman–Crippen LogP) is 4.18. The molecule has 0 radical (unpaired) electrons. The van der Waals surface area contributed by atoms with Gasteiger partial charge in [0.05, 0.1) is 7.11 Å². The molecule has 1 amide bonds. The van der Waals surface area contributed by atoms with Crippen LogP contribution < -0.4 is 10.1 Å². The van der Waals surface area contributed by atoms with E-state index in [2.05, 4.69) is 10.3 Å². The third-order valence-electron chi connectivity index (χ3n) is 5.87. The minimum Gasteiger partial charge on any atom is -0.610 e. The molecule has 0 spiro atoms. The zero-order valence-electron chi connectivity index (χ0n) is 18.0. The van der Waals surface area contributed by atoms with Gasteiger partial charge in [0.1, 0.15) is 12.4 Å². The number of nitrogens with zero attached hydrogens (tertiary/aromatic N) is 1. The molecule has 1 saturated heterocycles. The number of halogens is 5. The number of pyridine rings is 1. The van der Waals surface area contributed by atoms with Crippen molar-refractivity contribution in [3.63, 3.8) is 0 Å². The Bertz CT molecular complexity index is 1050. The maximum atomic E-state index is 14.4. The van der Waals surface area contributed by atoms with E-state index >= 15 is 0 Å². The topological polar surface area (TPSA) is 83.5 Å². The summed E-state index contributed by atoms with van der Waals surface area (Å²) >= 11 is -1.47. The van der Waals surface area contributed by atoms with Gasteiger partial charge < -0.3 is 19.3 Å². The van der Waals surface area contributed by atoms with Crippen molar-refractivity contribution in [3.05, 3.63) is 47.7 Å². The summed E-state index contributed by atoms with van der Waals surface area (Å²) in [7, 11) is 1.04. The van der Waals surface area contributed by atoms with Gasteiger partial charge in [0.25, 0.3) is 5.91 Å². The molecule has 12 heteroatoms. The highest BCUT2D eigenvalue weighted by atomic mass is 32.2. The van der Waals surface area contributed by atoms with Gasteiger partial charge in [0, 0.05) is 46.5 Å². The Labute approximate surface area is 189 Å². The smallest absolute Gasteiger partial charge is 0.417 e. The number of anilines is 1. The Balaban J connectivity index is 2.07. The number of ether oxygens (including phenoxy) is 2. The van der Waals surface area contributed by atoms with Crippen molar-refractivity contribution >= 4 is 22.8 Å². The average molecular weight is 492 g/mol. The van der Waals surface area contributed by atoms with E-state index in [-0.39, 0.29) is 16.3 Å². The number of rotatable bonds is 5. The Hall–Kier alpha value is -2.44. The van der Waals surface area contributed by atoms with E-state index in [0.29, 0.717) is 0 Å². The predicted molar refractivity (Wildman–Crippen MR) is 109 cm³/mol. The number of carbonyl (C=O) groups is 1. The first-order valence-electron chi connectivity index (χ1n) is 9.68. The third kappa shape index (κ3) is 4.51. The number of aromatic nitrogens is 1. The van der Waals surface area contributed by atoms with Crippen molar-refractivity contribution < 1.29 is 40.8 Å². The summed E-state index contributed by atoms with van der Waals surface area (Å²) in [5, 5.41) is 2.58. The number of hydrogen-bond donors (Lipinski definition) is 1. The number of nitrogens with one attached hydrogen (secondary N) is 1. The Kier molecular flexibility index (Phi) is 6.92. The average Bonchev–Trinajstić information content (AvgIpc) is 3.02. The number of carbonyl (C=O) groups excluding carboxylic acids is 1. The van der Waals surface area contributed by atoms with Crippen LogP contribution in [-0.2, 0) is 20.7 Å². The van der Waals surface area contributed by atoms with Gasteiger partial charge in [-0.25, -0.2) is 9.37 Å². The van der Waals surface area contributed by atoms with Crippen LogP contribution in [0.15, 0.2) is 35.5 Å². The molecule has 3 rings (SSSR count). The maximum Gasteiger partial charge on any atom is 0.417 e. The first-order chi connectivity index (χ1) is 15.3. The van der Waals surface area contributed by atoms with E-state index in [1.165, 1.54) is 31.5 Å². The lowest BCUT2D eigenvalue weighted by atomic mass is 9.77. The Morgan fingerprint density at radius 1 is 1.30 bits per heavy atom. The van der Waals surface area contributed by atoms with Gasteiger partial charge >= 0.3 is 6.18 Å². The monoisotopic (exact) mass is 492 g/mol. The summed E-state index contributed by atoms with van der Waals surface area (Å²) in [6.45, 7) is 2.02. The van der Waals surface area contributed by atoms with E-state index in [1.807, 2.05) is 0 Å². The van der Waals surface area contributed by atoms with Crippen LogP contribution in [-0.4, -0.2) is 46.7 Å². The normalized spacial score (nSPS) is 26.2. The van der Waals surface area contributed by atoms with Gasteiger partial charge in [-0.15, -0.1) is 0 Å². The van der Waals surface area contributed by atoms with Gasteiger partial charge in [0.15, 0.2) is 17.2 Å². The first-order valence-corrected chi connectivity index (χ1v) is 11.2. The fraction of sp³-hybridized carbons (Fsp3) is 0.429. The molecule has 6 nitrogen and oxygen atoms in total. The summed E-state index contributed by atoms with van der Waals surface area (Å²) in [6, 6.07) is 4.50. The number of alkyl halides is 3. The standard InChI is InChI=1S/C21H21F5N2O4S/c1-10-15(12-5-6-13(22)16(23)17(12)31-3)18(32-20(10,2)21(24,25)26)19(29)28-11-7-8-27-14(9-11)33(4)30/h5-10,15,18H,1-4H3,(H,27,28,29). The van der Waals surface area contributed by atoms with Crippen LogP contribution in [0.2, 0.25) is 0 Å². The van der Waals surface area contributed by atoms with Crippen LogP contribution in [0.1, 0.15) is 25.3 Å². The molecule has 180 valence electrons. The van der Waals surface area contributed by atoms with Crippen LogP contribution in [0.25, 0.3) is 0 Å². The van der Waals surface area contributed by atoms with E-state index in [1.54, 1.807) is 0 Å². The van der Waals surface area contributed by atoms with Crippen molar-refractivity contribution in [1.29, 1.82) is 0 Å². The van der Waals surface area contributed by atoms with E-state index in [0.717, 1.165) is 26.2 Å². The fourth-order valence-electron chi connectivity index (χ4n) is 3.90. The molecule has 1 aromatic carbocycles. The molecular weight excluding hydrogens is 471 g/mol. The van der Waals surface area contributed by atoms with Crippen molar-refractivity contribution in [2.75, 3.05) is 18.7 Å². The van der Waals surface area contributed by atoms with Crippen molar-refractivity contribution in [2.45, 2.75) is 42.7 Å². The Morgan fingerprint density at radius 3 is 2.55 bits per heavy atom. The van der Waals surface area contributed by atoms with E-state index in [9.17, 15) is 31.3 Å². The zero-order valence-corrected chi connectivity index (χ0v) is 18.8. The zero-order chi connectivity index (χ0) is 24.7. The lowest BCUT2D eigenvalue weighted by Gasteiger charge is -2.32. The second-order valence-electron chi connectivity index (χ2n) is 7.77. The van der Waals surface area contributed by atoms with Gasteiger partial charge in [-0.2, -0.15) is 17.6 Å². The molecule has 5 unspecified atom stereocenters. The fourth-order valence-corrected chi connectivity index (χ4v) is 4.40. The van der Waals surface area contributed by atoms with E-state index < -0.39 is 64.2 Å². The maximum absolute atomic E-state index is 14.4. The third-order valence-corrected chi connectivity index (χ3v) is 6.68. The molecule has 0 bridgehead atoms. The SMILES string of the molecule is COc1c(C2C(C(=O)Nc3ccnc([S+](C)[O-])c3)OC(C)(C(F)(F)F)C2C)ccc(F)c1F. The van der Waals surface area contributed by atoms with Crippen LogP contribution >= 0.6 is 0 Å². The van der Waals surface area contributed by atoms with Crippen LogP contribution in [0.5, 0.6) is 5.75 Å². The van der Waals surface area contributed by atoms with Crippen LogP contribution in [0, 0.1) is 17.6 Å². The highest BCUT2D eigenvalue weighted by Crippen LogP contribution is 2.55. The summed E-state index contributed by atoms with van der Waals surface area (Å²) in [5.41, 5.74) is -2.76. The second kappa shape index (κ2) is 9.07. The lowest BCUT2D eigenvalue weighted by molar-refractivity contribution is -0.272. The quantitative estimate of drug-likeness (QED) is 0.500. The molecule has 1 fully saturated rings. The lowest BCUT2D eigenvalue weighted by Crippen LogP contribution is -2.47. The number of benzene rings is 1. The van der Waals surface area contributed by atoms with Gasteiger partial charge in [-0.05, 0) is 19.1 Å². The first kappa shape index (κ1) is 25.2. The molecule has 33 heavy (non-hydrogen) atoms. The second-order valence-corrected chi connectivity index (χ2v) is 9.09. The summed E-state index contributed by atoms with van der Waals surface area (Å²) in [4.78, 5) is 17.0. The molecule has 1 aromatic heterocycles. The number of amides is 1. The number of hydrogen-bond acceptors (Lipinski definition) is 5. The van der Waals surface area contributed by atoms with Crippen LogP contribution in [0.4, 0.5) is 27.6 Å². The highest BCUT2D eigenvalue weighted by molar-refractivity contribution is 7.90. The minimum absolute atomic E-state index is 0.132. The summed E-state index contributed by atoms with van der Waals surface area (Å²) in [6.07, 6.45) is -3.95. The summed E-state index contributed by atoms with van der Waals surface area (Å²) in [5.74, 6) is -6.89. The van der Waals surface area contributed by atoms with Crippen molar-refractivity contribution in [2.24, 2.45) is 5.92 Å². The summed E-state index contributed by atoms with van der Waals surface area (Å²) < 4.78 is 91.8. The molecule has 2 aromatic rings. The molecular formula is C21H21F5N2O4S. The number of methoxy groups -OCH3 is 1. The molecule has 2 heterocycles. The van der Waals surface area contributed by atoms with Crippen molar-refractivity contribution in [1.82, 2.24) is 4.98 Å². The molecule has 1 N–H and O–H groups in total. The van der Waals surface area contributed by atoms with E-state index in [4.69, 9.17) is 9.47 Å². The Morgan fingerprint density at radius 2 is 1.97 bits per heavy atom. The molecule has 0 saturated carbocycles. The largest absolute Gasteiger partial charge is 0.610 e. The molecule has 5 atom stereocenters. The highest BCUT2D eigenvalue weighted by Gasteiger charge is 2.65. The van der Waals surface area contributed by atoms with Crippen LogP contribution in [0.3, 0.4) is 0 Å². The van der Waals surface area contributed by atoms with Gasteiger partial charge in [0.2, 0.25) is 10.8 Å². The van der Waals surface area contributed by atoms with Gasteiger partial charge in [-0.3, -0.25) is 4.79 Å². The minimum atomic E-state index is -4.87.